The van der Waals surface area contributed by atoms with E-state index in [9.17, 15) is 4.79 Å². The molecule has 0 amide bonds. The number of nitrogens with one attached hydrogen (secondary N) is 1. The number of carbonyl (C=O) groups is 1. The first kappa shape index (κ1) is 18.9. The van der Waals surface area contributed by atoms with Gasteiger partial charge in [-0.2, -0.15) is 0 Å². The van der Waals surface area contributed by atoms with Crippen molar-refractivity contribution in [2.24, 2.45) is 0 Å². The van der Waals surface area contributed by atoms with Crippen molar-refractivity contribution in [3.63, 3.8) is 0 Å². The van der Waals surface area contributed by atoms with Crippen LogP contribution in [0.25, 0.3) is 16.5 Å². The number of carbonyl (C=O) groups excluding carboxylic acids is 1. The molecule has 4 nitrogen and oxygen atoms in total. The van der Waals surface area contributed by atoms with Gasteiger partial charge in [-0.3, -0.25) is 9.78 Å². The van der Waals surface area contributed by atoms with Crippen LogP contribution in [0.5, 0.6) is 0 Å². The Kier molecular flexibility index (Phi) is 4.78. The molecule has 1 aliphatic heterocycles. The smallest absolute Gasteiger partial charge is 0.161 e. The van der Waals surface area contributed by atoms with Gasteiger partial charge in [0.2, 0.25) is 0 Å². The highest BCUT2D eigenvalue weighted by atomic mass is 16.1. The molecule has 0 bridgehead atoms. The molecule has 3 aromatic rings. The Balaban J connectivity index is 1.64. The maximum Gasteiger partial charge on any atom is 0.161 e. The number of pyridine rings is 1. The SMILES string of the molecule is CCN(CC)c1ccc(C2Nc3cnc4ccccc4c3C3=C2C(=O)CCC3)cc1. The second-order valence-corrected chi connectivity index (χ2v) is 8.07. The summed E-state index contributed by atoms with van der Waals surface area (Å²) in [6.45, 7) is 6.31. The number of rotatable bonds is 4. The summed E-state index contributed by atoms with van der Waals surface area (Å²) in [4.78, 5) is 20.1. The zero-order valence-electron chi connectivity index (χ0n) is 17.6. The van der Waals surface area contributed by atoms with E-state index in [4.69, 9.17) is 0 Å². The van der Waals surface area contributed by atoms with E-state index < -0.39 is 0 Å². The topological polar surface area (TPSA) is 45.2 Å². The summed E-state index contributed by atoms with van der Waals surface area (Å²) in [5.74, 6) is 0.271. The third-order valence-electron chi connectivity index (χ3n) is 6.48. The molecule has 0 radical (unpaired) electrons. The molecule has 5 rings (SSSR count). The lowest BCUT2D eigenvalue weighted by Crippen LogP contribution is -2.27. The fraction of sp³-hybridized carbons (Fsp3) is 0.308. The molecule has 1 aliphatic carbocycles. The molecule has 1 N–H and O–H groups in total. The van der Waals surface area contributed by atoms with E-state index in [1.165, 1.54) is 16.8 Å². The minimum atomic E-state index is -0.117. The Labute approximate surface area is 177 Å². The summed E-state index contributed by atoms with van der Waals surface area (Å²) in [7, 11) is 0. The predicted octanol–water partition coefficient (Wildman–Crippen LogP) is 5.75. The Morgan fingerprint density at radius 3 is 2.57 bits per heavy atom. The normalized spacial score (nSPS) is 18.1. The van der Waals surface area contributed by atoms with E-state index in [0.717, 1.165) is 53.7 Å². The highest BCUT2D eigenvalue weighted by molar-refractivity contribution is 6.11. The monoisotopic (exact) mass is 397 g/mol. The average molecular weight is 398 g/mol. The number of anilines is 2. The second-order valence-electron chi connectivity index (χ2n) is 8.07. The van der Waals surface area contributed by atoms with Crippen molar-refractivity contribution in [2.45, 2.75) is 39.2 Å². The third-order valence-corrected chi connectivity index (χ3v) is 6.48. The third kappa shape index (κ3) is 2.98. The van der Waals surface area contributed by atoms with Gasteiger partial charge >= 0.3 is 0 Å². The summed E-state index contributed by atoms with van der Waals surface area (Å²) in [6, 6.07) is 16.8. The predicted molar refractivity (Wildman–Crippen MR) is 124 cm³/mol. The minimum absolute atomic E-state index is 0.117. The van der Waals surface area contributed by atoms with Gasteiger partial charge in [-0.05, 0) is 56.0 Å². The molecule has 1 atom stereocenters. The zero-order chi connectivity index (χ0) is 20.7. The number of ketones is 1. The maximum absolute atomic E-state index is 13.1. The van der Waals surface area contributed by atoms with Gasteiger partial charge in [0.1, 0.15) is 0 Å². The summed E-state index contributed by atoms with van der Waals surface area (Å²) in [5, 5.41) is 4.78. The van der Waals surface area contributed by atoms with Gasteiger partial charge in [-0.15, -0.1) is 0 Å². The van der Waals surface area contributed by atoms with Crippen LogP contribution in [0.1, 0.15) is 50.3 Å². The van der Waals surface area contributed by atoms with Crippen LogP contribution in [-0.2, 0) is 4.79 Å². The highest BCUT2D eigenvalue weighted by Crippen LogP contribution is 2.47. The van der Waals surface area contributed by atoms with E-state index in [0.29, 0.717) is 6.42 Å². The molecule has 2 heterocycles. The van der Waals surface area contributed by atoms with E-state index >= 15 is 0 Å². The summed E-state index contributed by atoms with van der Waals surface area (Å²) in [6.07, 6.45) is 4.42. The van der Waals surface area contributed by atoms with Crippen LogP contribution >= 0.6 is 0 Å². The second kappa shape index (κ2) is 7.60. The van der Waals surface area contributed by atoms with Crippen molar-refractivity contribution in [2.75, 3.05) is 23.3 Å². The average Bonchev–Trinajstić information content (AvgIpc) is 2.79. The molecule has 0 spiro atoms. The van der Waals surface area contributed by atoms with E-state index in [1.54, 1.807) is 0 Å². The number of hydrogen-bond acceptors (Lipinski definition) is 4. The van der Waals surface area contributed by atoms with Gasteiger partial charge in [0.15, 0.2) is 5.78 Å². The molecule has 2 aromatic carbocycles. The van der Waals surface area contributed by atoms with Crippen LogP contribution in [0, 0.1) is 0 Å². The summed E-state index contributed by atoms with van der Waals surface area (Å²) < 4.78 is 0. The minimum Gasteiger partial charge on any atom is -0.372 e. The molecule has 0 saturated carbocycles. The maximum atomic E-state index is 13.1. The first-order chi connectivity index (χ1) is 14.7. The first-order valence-corrected chi connectivity index (χ1v) is 11.0. The summed E-state index contributed by atoms with van der Waals surface area (Å²) in [5.41, 5.74) is 7.67. The number of allylic oxidation sites excluding steroid dienone is 1. The quantitative estimate of drug-likeness (QED) is 0.608. The Bertz CT molecular complexity index is 1140. The molecule has 0 saturated heterocycles. The molecule has 1 unspecified atom stereocenters. The lowest BCUT2D eigenvalue weighted by atomic mass is 9.77. The molecular formula is C26H27N3O. The molecule has 152 valence electrons. The number of Topliss-reactive ketones (excluding diaryl/α,β-unsaturated/α-hetero) is 1. The van der Waals surface area contributed by atoms with Gasteiger partial charge in [-0.25, -0.2) is 0 Å². The standard InChI is InChI=1S/C26H27N3O/c1-3-29(4-2)18-14-12-17(13-15-18)26-25-20(9-7-11-23(25)30)24-19-8-5-6-10-21(19)27-16-22(24)28-26/h5-6,8,10,12-16,26,28H,3-4,7,9,11H2,1-2H3. The van der Waals surface area contributed by atoms with Crippen LogP contribution in [0.4, 0.5) is 11.4 Å². The Morgan fingerprint density at radius 1 is 1.03 bits per heavy atom. The van der Waals surface area contributed by atoms with Crippen LogP contribution in [0.15, 0.2) is 60.3 Å². The van der Waals surface area contributed by atoms with Crippen molar-refractivity contribution in [3.05, 3.63) is 71.4 Å². The molecule has 30 heavy (non-hydrogen) atoms. The number of nitrogens with zero attached hydrogens (tertiary/aromatic N) is 2. The number of hydrogen-bond donors (Lipinski definition) is 1. The van der Waals surface area contributed by atoms with Crippen LogP contribution < -0.4 is 10.2 Å². The van der Waals surface area contributed by atoms with E-state index in [1.807, 2.05) is 24.4 Å². The molecule has 4 heteroatoms. The van der Waals surface area contributed by atoms with E-state index in [2.05, 4.69) is 59.4 Å². The first-order valence-electron chi connectivity index (χ1n) is 11.0. The molecular weight excluding hydrogens is 370 g/mol. The van der Waals surface area contributed by atoms with Gasteiger partial charge in [-0.1, -0.05) is 30.3 Å². The van der Waals surface area contributed by atoms with Crippen molar-refractivity contribution < 1.29 is 4.79 Å². The van der Waals surface area contributed by atoms with Crippen molar-refractivity contribution in [3.8, 4) is 0 Å². The van der Waals surface area contributed by atoms with Crippen LogP contribution in [0.3, 0.4) is 0 Å². The van der Waals surface area contributed by atoms with Gasteiger partial charge in [0.25, 0.3) is 0 Å². The van der Waals surface area contributed by atoms with Crippen molar-refractivity contribution in [1.82, 2.24) is 4.98 Å². The number of aromatic nitrogens is 1. The van der Waals surface area contributed by atoms with Gasteiger partial charge in [0, 0.05) is 41.7 Å². The Morgan fingerprint density at radius 2 is 1.80 bits per heavy atom. The number of benzene rings is 2. The van der Waals surface area contributed by atoms with Crippen LogP contribution in [0.2, 0.25) is 0 Å². The lowest BCUT2D eigenvalue weighted by Gasteiger charge is -2.35. The largest absolute Gasteiger partial charge is 0.372 e. The van der Waals surface area contributed by atoms with E-state index in [-0.39, 0.29) is 11.8 Å². The number of para-hydroxylation sites is 1. The Hall–Kier alpha value is -3.14. The molecule has 0 fully saturated rings. The zero-order valence-corrected chi connectivity index (χ0v) is 17.6. The summed E-state index contributed by atoms with van der Waals surface area (Å²) >= 11 is 0. The van der Waals surface area contributed by atoms with Crippen molar-refractivity contribution in [1.29, 1.82) is 0 Å². The molecule has 1 aromatic heterocycles. The van der Waals surface area contributed by atoms with Crippen molar-refractivity contribution >= 4 is 33.6 Å². The lowest BCUT2D eigenvalue weighted by molar-refractivity contribution is -0.116. The highest BCUT2D eigenvalue weighted by Gasteiger charge is 2.35. The molecule has 2 aliphatic rings. The van der Waals surface area contributed by atoms with Crippen LogP contribution in [-0.4, -0.2) is 23.9 Å². The fourth-order valence-corrected chi connectivity index (χ4v) is 4.98. The number of fused-ring (bicyclic) bond motifs is 4. The van der Waals surface area contributed by atoms with Gasteiger partial charge < -0.3 is 10.2 Å². The van der Waals surface area contributed by atoms with Gasteiger partial charge in [0.05, 0.1) is 23.4 Å². The fourth-order valence-electron chi connectivity index (χ4n) is 4.98.